The molecule has 2 amide bonds. The van der Waals surface area contributed by atoms with Crippen LogP contribution in [0.3, 0.4) is 0 Å². The van der Waals surface area contributed by atoms with Crippen LogP contribution in [-0.2, 0) is 22.7 Å². The van der Waals surface area contributed by atoms with Crippen molar-refractivity contribution in [2.75, 3.05) is 6.54 Å². The monoisotopic (exact) mass is 418 g/mol. The van der Waals surface area contributed by atoms with E-state index in [0.717, 1.165) is 15.6 Å². The van der Waals surface area contributed by atoms with Crippen molar-refractivity contribution in [2.24, 2.45) is 0 Å². The number of rotatable bonds is 8. The van der Waals surface area contributed by atoms with Gasteiger partial charge in [0.2, 0.25) is 5.91 Å². The third kappa shape index (κ3) is 6.98. The van der Waals surface area contributed by atoms with Gasteiger partial charge in [-0.15, -0.1) is 0 Å². The lowest BCUT2D eigenvalue weighted by Crippen LogP contribution is -2.36. The lowest BCUT2D eigenvalue weighted by Gasteiger charge is -2.10. The van der Waals surface area contributed by atoms with Crippen molar-refractivity contribution in [3.63, 3.8) is 0 Å². The first kappa shape index (κ1) is 20.1. The smallest absolute Gasteiger partial charge is 0.251 e. The number of carbonyl (C=O) groups is 2. The number of hydrogen-bond donors (Lipinski definition) is 2. The van der Waals surface area contributed by atoms with E-state index in [1.165, 1.54) is 0 Å². The first-order chi connectivity index (χ1) is 12.4. The van der Waals surface area contributed by atoms with Crippen LogP contribution in [0.4, 0.5) is 0 Å². The van der Waals surface area contributed by atoms with E-state index in [9.17, 15) is 9.59 Å². The van der Waals surface area contributed by atoms with E-state index in [2.05, 4.69) is 26.6 Å². The SMILES string of the molecule is CC(C)OCc1cccc(CNC(=O)CNC(=O)c2cccc(Br)c2)c1. The first-order valence-corrected chi connectivity index (χ1v) is 9.23. The number of halogens is 1. The lowest BCUT2D eigenvalue weighted by atomic mass is 10.1. The summed E-state index contributed by atoms with van der Waals surface area (Å²) in [6.07, 6.45) is 0.173. The summed E-state index contributed by atoms with van der Waals surface area (Å²) < 4.78 is 6.40. The average Bonchev–Trinajstić information content (AvgIpc) is 2.63. The zero-order valence-corrected chi connectivity index (χ0v) is 16.5. The molecule has 0 aromatic heterocycles. The molecular weight excluding hydrogens is 396 g/mol. The Balaban J connectivity index is 1.78. The second-order valence-corrected chi connectivity index (χ2v) is 7.07. The summed E-state index contributed by atoms with van der Waals surface area (Å²) in [7, 11) is 0. The van der Waals surface area contributed by atoms with Crippen LogP contribution >= 0.6 is 15.9 Å². The Bertz CT molecular complexity index is 762. The van der Waals surface area contributed by atoms with Gasteiger partial charge in [-0.05, 0) is 43.2 Å². The normalized spacial score (nSPS) is 10.6. The molecule has 26 heavy (non-hydrogen) atoms. The molecule has 0 saturated heterocycles. The Morgan fingerprint density at radius 3 is 2.50 bits per heavy atom. The summed E-state index contributed by atoms with van der Waals surface area (Å²) in [6.45, 7) is 4.86. The molecule has 0 radical (unpaired) electrons. The summed E-state index contributed by atoms with van der Waals surface area (Å²) in [5, 5.41) is 5.42. The van der Waals surface area contributed by atoms with E-state index in [4.69, 9.17) is 4.74 Å². The van der Waals surface area contributed by atoms with E-state index in [1.54, 1.807) is 18.2 Å². The molecule has 138 valence electrons. The number of nitrogens with one attached hydrogen (secondary N) is 2. The van der Waals surface area contributed by atoms with Crippen molar-refractivity contribution in [3.05, 3.63) is 69.7 Å². The lowest BCUT2D eigenvalue weighted by molar-refractivity contribution is -0.120. The fraction of sp³-hybridized carbons (Fsp3) is 0.300. The molecule has 6 heteroatoms. The second-order valence-electron chi connectivity index (χ2n) is 6.15. The maximum atomic E-state index is 12.0. The van der Waals surface area contributed by atoms with E-state index < -0.39 is 0 Å². The minimum atomic E-state index is -0.283. The standard InChI is InChI=1S/C20H23BrN2O3/c1-14(2)26-13-16-6-3-5-15(9-16)11-22-19(24)12-23-20(25)17-7-4-8-18(21)10-17/h3-10,14H,11-13H2,1-2H3,(H,22,24)(H,23,25). The predicted molar refractivity (Wildman–Crippen MR) is 105 cm³/mol. The molecule has 0 aliphatic carbocycles. The van der Waals surface area contributed by atoms with Gasteiger partial charge in [-0.3, -0.25) is 9.59 Å². The van der Waals surface area contributed by atoms with Gasteiger partial charge in [-0.1, -0.05) is 46.3 Å². The maximum absolute atomic E-state index is 12.0. The first-order valence-electron chi connectivity index (χ1n) is 8.44. The third-order valence-electron chi connectivity index (χ3n) is 3.56. The van der Waals surface area contributed by atoms with Crippen LogP contribution in [0.25, 0.3) is 0 Å². The van der Waals surface area contributed by atoms with E-state index in [1.807, 2.05) is 44.2 Å². The summed E-state index contributed by atoms with van der Waals surface area (Å²) in [6, 6.07) is 14.9. The Labute approximate surface area is 162 Å². The van der Waals surface area contributed by atoms with Crippen molar-refractivity contribution in [1.29, 1.82) is 0 Å². The van der Waals surface area contributed by atoms with Crippen molar-refractivity contribution in [1.82, 2.24) is 10.6 Å². The van der Waals surface area contributed by atoms with Gasteiger partial charge in [0.1, 0.15) is 0 Å². The van der Waals surface area contributed by atoms with Crippen LogP contribution < -0.4 is 10.6 Å². The van der Waals surface area contributed by atoms with Gasteiger partial charge in [0.25, 0.3) is 5.91 Å². The molecule has 2 aromatic carbocycles. The topological polar surface area (TPSA) is 67.4 Å². The average molecular weight is 419 g/mol. The van der Waals surface area contributed by atoms with Crippen LogP contribution in [0.2, 0.25) is 0 Å². The second kappa shape index (κ2) is 10.1. The molecule has 0 heterocycles. The number of ether oxygens (including phenoxy) is 1. The highest BCUT2D eigenvalue weighted by atomic mass is 79.9. The summed E-state index contributed by atoms with van der Waals surface area (Å²) in [5.41, 5.74) is 2.56. The number of hydrogen-bond acceptors (Lipinski definition) is 3. The van der Waals surface area contributed by atoms with Gasteiger partial charge in [0, 0.05) is 16.6 Å². The molecule has 0 saturated carbocycles. The van der Waals surface area contributed by atoms with Crippen molar-refractivity contribution in [2.45, 2.75) is 33.1 Å². The molecule has 2 N–H and O–H groups in total. The molecule has 0 aliphatic heterocycles. The molecule has 2 aromatic rings. The molecule has 0 spiro atoms. The highest BCUT2D eigenvalue weighted by molar-refractivity contribution is 9.10. The zero-order valence-electron chi connectivity index (χ0n) is 14.9. The highest BCUT2D eigenvalue weighted by Crippen LogP contribution is 2.11. The molecule has 2 rings (SSSR count). The maximum Gasteiger partial charge on any atom is 0.251 e. The summed E-state index contributed by atoms with van der Waals surface area (Å²) >= 11 is 3.32. The third-order valence-corrected chi connectivity index (χ3v) is 4.05. The molecule has 5 nitrogen and oxygen atoms in total. The van der Waals surface area contributed by atoms with Gasteiger partial charge in [-0.25, -0.2) is 0 Å². The van der Waals surface area contributed by atoms with Crippen LogP contribution in [0.5, 0.6) is 0 Å². The molecule has 0 fully saturated rings. The Morgan fingerprint density at radius 2 is 1.77 bits per heavy atom. The van der Waals surface area contributed by atoms with Crippen LogP contribution in [-0.4, -0.2) is 24.5 Å². The predicted octanol–water partition coefficient (Wildman–Crippen LogP) is 3.42. The molecule has 0 aliphatic rings. The Kier molecular flexibility index (Phi) is 7.81. The van der Waals surface area contributed by atoms with E-state index >= 15 is 0 Å². The largest absolute Gasteiger partial charge is 0.374 e. The van der Waals surface area contributed by atoms with Gasteiger partial charge >= 0.3 is 0 Å². The molecule has 0 unspecified atom stereocenters. The summed E-state index contributed by atoms with van der Waals surface area (Å²) in [5.74, 6) is -0.522. The van der Waals surface area contributed by atoms with Gasteiger partial charge in [0.05, 0.1) is 19.3 Å². The Hall–Kier alpha value is -2.18. The Morgan fingerprint density at radius 1 is 1.04 bits per heavy atom. The fourth-order valence-electron chi connectivity index (χ4n) is 2.25. The van der Waals surface area contributed by atoms with Crippen LogP contribution in [0.1, 0.15) is 35.3 Å². The van der Waals surface area contributed by atoms with Crippen molar-refractivity contribution >= 4 is 27.7 Å². The molecular formula is C20H23BrN2O3. The number of benzene rings is 2. The van der Waals surface area contributed by atoms with E-state index in [-0.39, 0.29) is 24.5 Å². The van der Waals surface area contributed by atoms with E-state index in [0.29, 0.717) is 18.7 Å². The summed E-state index contributed by atoms with van der Waals surface area (Å²) in [4.78, 5) is 24.0. The minimum Gasteiger partial charge on any atom is -0.374 e. The van der Waals surface area contributed by atoms with Gasteiger partial charge in [0.15, 0.2) is 0 Å². The zero-order chi connectivity index (χ0) is 18.9. The fourth-order valence-corrected chi connectivity index (χ4v) is 2.65. The highest BCUT2D eigenvalue weighted by Gasteiger charge is 2.08. The van der Waals surface area contributed by atoms with Gasteiger partial charge in [-0.2, -0.15) is 0 Å². The van der Waals surface area contributed by atoms with Crippen molar-refractivity contribution in [3.8, 4) is 0 Å². The van der Waals surface area contributed by atoms with Crippen molar-refractivity contribution < 1.29 is 14.3 Å². The molecule has 0 atom stereocenters. The number of carbonyl (C=O) groups excluding carboxylic acids is 2. The number of amides is 2. The molecule has 0 bridgehead atoms. The van der Waals surface area contributed by atoms with Crippen LogP contribution in [0, 0.1) is 0 Å². The quantitative estimate of drug-likeness (QED) is 0.689. The van der Waals surface area contributed by atoms with Gasteiger partial charge < -0.3 is 15.4 Å². The van der Waals surface area contributed by atoms with Crippen LogP contribution in [0.15, 0.2) is 53.0 Å². The minimum absolute atomic E-state index is 0.0680.